The highest BCUT2D eigenvalue weighted by Crippen LogP contribution is 2.20. The fourth-order valence-corrected chi connectivity index (χ4v) is 2.55. The van der Waals surface area contributed by atoms with E-state index in [0.29, 0.717) is 11.1 Å². The molecule has 2 aromatic carbocycles. The van der Waals surface area contributed by atoms with Gasteiger partial charge in [-0.15, -0.1) is 0 Å². The lowest BCUT2D eigenvalue weighted by Crippen LogP contribution is -2.30. The maximum atomic E-state index is 13.0. The van der Waals surface area contributed by atoms with Gasteiger partial charge in [-0.1, -0.05) is 30.3 Å². The number of carbonyl (C=O) groups excluding carboxylic acids is 2. The van der Waals surface area contributed by atoms with Gasteiger partial charge >= 0.3 is 6.03 Å². The zero-order valence-electron chi connectivity index (χ0n) is 14.0. The van der Waals surface area contributed by atoms with E-state index in [1.807, 2.05) is 0 Å². The van der Waals surface area contributed by atoms with Crippen LogP contribution in [0.3, 0.4) is 0 Å². The van der Waals surface area contributed by atoms with Crippen LogP contribution in [0.25, 0.3) is 6.08 Å². The van der Waals surface area contributed by atoms with Crippen LogP contribution in [0.15, 0.2) is 66.4 Å². The number of hydrogen-bond acceptors (Lipinski definition) is 4. The summed E-state index contributed by atoms with van der Waals surface area (Å²) in [6, 6.07) is 11.1. The lowest BCUT2D eigenvalue weighted by atomic mass is 10.1. The van der Waals surface area contributed by atoms with Crippen molar-refractivity contribution in [1.29, 1.82) is 0 Å². The molecule has 0 bridgehead atoms. The van der Waals surface area contributed by atoms with E-state index in [1.165, 1.54) is 48.6 Å². The number of nitro groups is 1. The quantitative estimate of drug-likeness (QED) is 0.379. The Kier molecular flexibility index (Phi) is 5.07. The lowest BCUT2D eigenvalue weighted by molar-refractivity contribution is -0.385. The lowest BCUT2D eigenvalue weighted by Gasteiger charge is -2.11. The minimum atomic E-state index is -0.588. The van der Waals surface area contributed by atoms with Crippen LogP contribution in [-0.2, 0) is 11.3 Å². The monoisotopic (exact) mass is 367 g/mol. The van der Waals surface area contributed by atoms with E-state index in [9.17, 15) is 24.1 Å². The molecule has 27 heavy (non-hydrogen) atoms. The molecule has 1 heterocycles. The summed E-state index contributed by atoms with van der Waals surface area (Å²) < 4.78 is 13.0. The van der Waals surface area contributed by atoms with Crippen molar-refractivity contribution in [2.75, 3.05) is 0 Å². The molecule has 0 radical (unpaired) electrons. The number of nitro benzene ring substituents is 1. The van der Waals surface area contributed by atoms with Gasteiger partial charge in [0, 0.05) is 6.07 Å². The highest BCUT2D eigenvalue weighted by molar-refractivity contribution is 6.11. The second kappa shape index (κ2) is 7.61. The minimum absolute atomic E-state index is 0.0101. The van der Waals surface area contributed by atoms with Crippen molar-refractivity contribution < 1.29 is 18.9 Å². The Morgan fingerprint density at radius 1 is 1.11 bits per heavy atom. The van der Waals surface area contributed by atoms with Crippen molar-refractivity contribution in [3.63, 3.8) is 0 Å². The highest BCUT2D eigenvalue weighted by atomic mass is 19.1. The molecule has 1 aliphatic rings. The van der Waals surface area contributed by atoms with Crippen LogP contribution in [0.1, 0.15) is 11.1 Å². The number of amides is 3. The summed E-state index contributed by atoms with van der Waals surface area (Å²) in [5, 5.41) is 13.4. The molecule has 1 saturated heterocycles. The van der Waals surface area contributed by atoms with Gasteiger partial charge in [-0.05, 0) is 35.9 Å². The van der Waals surface area contributed by atoms with Crippen molar-refractivity contribution in [3.8, 4) is 0 Å². The van der Waals surface area contributed by atoms with Crippen molar-refractivity contribution in [2.45, 2.75) is 6.54 Å². The SMILES string of the molecule is O=C1N/C(=C/C=C/c2ccccc2[N+](=O)[O-])C(=O)N1Cc1ccc(F)cc1. The molecule has 0 spiro atoms. The van der Waals surface area contributed by atoms with E-state index < -0.39 is 22.7 Å². The van der Waals surface area contributed by atoms with Gasteiger partial charge in [-0.2, -0.15) is 0 Å². The third kappa shape index (κ3) is 4.06. The second-order valence-electron chi connectivity index (χ2n) is 5.70. The Labute approximate surface area is 153 Å². The van der Waals surface area contributed by atoms with Gasteiger partial charge < -0.3 is 5.32 Å². The first-order valence-electron chi connectivity index (χ1n) is 7.95. The molecule has 136 valence electrons. The summed E-state index contributed by atoms with van der Waals surface area (Å²) in [6.45, 7) is 0.0101. The normalized spacial score (nSPS) is 15.6. The Balaban J connectivity index is 1.74. The smallest absolute Gasteiger partial charge is 0.303 e. The second-order valence-corrected chi connectivity index (χ2v) is 5.70. The molecular formula is C19H14FN3O4. The molecule has 1 fully saturated rings. The number of halogens is 1. The van der Waals surface area contributed by atoms with Crippen molar-refractivity contribution in [3.05, 3.63) is 93.4 Å². The Bertz CT molecular complexity index is 967. The first-order valence-corrected chi connectivity index (χ1v) is 7.95. The molecule has 3 rings (SSSR count). The first-order chi connectivity index (χ1) is 13.0. The minimum Gasteiger partial charge on any atom is -0.303 e. The maximum Gasteiger partial charge on any atom is 0.329 e. The standard InChI is InChI=1S/C19H14FN3O4/c20-15-10-8-13(9-11-15)12-22-18(24)16(21-19(22)25)6-3-5-14-4-1-2-7-17(14)23(26)27/h1-11H,12H2,(H,21,25)/b5-3+,16-6+. The number of allylic oxidation sites excluding steroid dienone is 2. The number of hydrogen-bond donors (Lipinski definition) is 1. The van der Waals surface area contributed by atoms with Gasteiger partial charge in [-0.3, -0.25) is 19.8 Å². The number of imide groups is 1. The van der Waals surface area contributed by atoms with Crippen LogP contribution in [0, 0.1) is 15.9 Å². The number of urea groups is 1. The van der Waals surface area contributed by atoms with E-state index >= 15 is 0 Å². The van der Waals surface area contributed by atoms with E-state index in [0.717, 1.165) is 4.90 Å². The predicted molar refractivity (Wildman–Crippen MR) is 95.7 cm³/mol. The summed E-state index contributed by atoms with van der Waals surface area (Å²) in [6.07, 6.45) is 4.31. The number of nitrogens with zero attached hydrogens (tertiary/aromatic N) is 2. The zero-order valence-corrected chi connectivity index (χ0v) is 14.0. The van der Waals surface area contributed by atoms with Gasteiger partial charge in [0.2, 0.25) is 0 Å². The van der Waals surface area contributed by atoms with E-state index in [1.54, 1.807) is 18.2 Å². The van der Waals surface area contributed by atoms with Crippen molar-refractivity contribution in [2.24, 2.45) is 0 Å². The van der Waals surface area contributed by atoms with E-state index in [4.69, 9.17) is 0 Å². The Morgan fingerprint density at radius 2 is 1.81 bits per heavy atom. The zero-order chi connectivity index (χ0) is 19.4. The molecule has 0 saturated carbocycles. The van der Waals surface area contributed by atoms with Crippen LogP contribution in [0.5, 0.6) is 0 Å². The fourth-order valence-electron chi connectivity index (χ4n) is 2.55. The average molecular weight is 367 g/mol. The van der Waals surface area contributed by atoms with Gasteiger partial charge in [-0.25, -0.2) is 9.18 Å². The third-order valence-corrected chi connectivity index (χ3v) is 3.89. The van der Waals surface area contributed by atoms with Gasteiger partial charge in [0.15, 0.2) is 0 Å². The van der Waals surface area contributed by atoms with Gasteiger partial charge in [0.1, 0.15) is 11.5 Å². The Morgan fingerprint density at radius 3 is 2.52 bits per heavy atom. The number of carbonyl (C=O) groups is 2. The summed E-state index contributed by atoms with van der Waals surface area (Å²) in [7, 11) is 0. The number of nitrogens with one attached hydrogen (secondary N) is 1. The summed E-state index contributed by atoms with van der Waals surface area (Å²) >= 11 is 0. The van der Waals surface area contributed by atoms with E-state index in [-0.39, 0.29) is 17.9 Å². The number of benzene rings is 2. The Hall–Kier alpha value is -3.81. The molecule has 1 N–H and O–H groups in total. The largest absolute Gasteiger partial charge is 0.329 e. The van der Waals surface area contributed by atoms with Crippen LogP contribution in [0.2, 0.25) is 0 Å². The molecule has 3 amide bonds. The first kappa shape index (κ1) is 18.0. The van der Waals surface area contributed by atoms with Gasteiger partial charge in [0.25, 0.3) is 11.6 Å². The molecule has 0 aromatic heterocycles. The maximum absolute atomic E-state index is 13.0. The summed E-state index contributed by atoms with van der Waals surface area (Å²) in [5.74, 6) is -0.937. The van der Waals surface area contributed by atoms with Crippen molar-refractivity contribution in [1.82, 2.24) is 10.2 Å². The predicted octanol–water partition coefficient (Wildman–Crippen LogP) is 3.38. The van der Waals surface area contributed by atoms with E-state index in [2.05, 4.69) is 5.32 Å². The van der Waals surface area contributed by atoms with Crippen molar-refractivity contribution >= 4 is 23.7 Å². The molecule has 0 aliphatic carbocycles. The molecule has 7 nitrogen and oxygen atoms in total. The van der Waals surface area contributed by atoms with Gasteiger partial charge in [0.05, 0.1) is 17.0 Å². The van der Waals surface area contributed by atoms with Crippen LogP contribution < -0.4 is 5.32 Å². The third-order valence-electron chi connectivity index (χ3n) is 3.89. The van der Waals surface area contributed by atoms with Crippen LogP contribution >= 0.6 is 0 Å². The molecule has 0 unspecified atom stereocenters. The highest BCUT2D eigenvalue weighted by Gasteiger charge is 2.33. The summed E-state index contributed by atoms with van der Waals surface area (Å²) in [5.41, 5.74) is 0.972. The van der Waals surface area contributed by atoms with Crippen LogP contribution in [0.4, 0.5) is 14.9 Å². The number of rotatable bonds is 5. The molecule has 0 atom stereocenters. The molecule has 8 heteroatoms. The fraction of sp³-hybridized carbons (Fsp3) is 0.0526. The molecular weight excluding hydrogens is 353 g/mol. The topological polar surface area (TPSA) is 92.5 Å². The van der Waals surface area contributed by atoms with Crippen LogP contribution in [-0.4, -0.2) is 21.8 Å². The molecule has 1 aliphatic heterocycles. The average Bonchev–Trinajstić information content (AvgIpc) is 2.91. The molecule has 2 aromatic rings. The number of para-hydroxylation sites is 1. The summed E-state index contributed by atoms with van der Waals surface area (Å²) in [4.78, 5) is 35.9.